The third kappa shape index (κ3) is 3.08. The summed E-state index contributed by atoms with van der Waals surface area (Å²) in [4.78, 5) is 11.9. The van der Waals surface area contributed by atoms with E-state index in [2.05, 4.69) is 10.6 Å². The predicted molar refractivity (Wildman–Crippen MR) is 66.9 cm³/mol. The minimum absolute atomic E-state index is 0.0321. The average molecular weight is 270 g/mol. The Balaban J connectivity index is 2.05. The van der Waals surface area contributed by atoms with Crippen molar-refractivity contribution in [3.63, 3.8) is 0 Å². The van der Waals surface area contributed by atoms with Gasteiger partial charge in [0.2, 0.25) is 5.91 Å². The largest absolute Gasteiger partial charge is 0.380 e. The van der Waals surface area contributed by atoms with Gasteiger partial charge in [-0.2, -0.15) is 0 Å². The van der Waals surface area contributed by atoms with E-state index in [9.17, 15) is 13.6 Å². The first-order chi connectivity index (χ1) is 9.01. The normalized spacial score (nSPS) is 22.5. The Bertz CT molecular complexity index is 494. The zero-order valence-electron chi connectivity index (χ0n) is 10.8. The van der Waals surface area contributed by atoms with E-state index in [0.717, 1.165) is 12.1 Å². The van der Waals surface area contributed by atoms with Crippen LogP contribution in [0.2, 0.25) is 0 Å². The van der Waals surface area contributed by atoms with Gasteiger partial charge in [0.1, 0.15) is 11.6 Å². The van der Waals surface area contributed by atoms with Crippen molar-refractivity contribution in [3.8, 4) is 0 Å². The van der Waals surface area contributed by atoms with Crippen molar-refractivity contribution in [1.29, 1.82) is 0 Å². The molecule has 1 amide bonds. The standard InChI is InChI=1S/C13H16F2N2O2/c1-7-3-10(15)11(5-9(7)14)17-13(18)12-4-8(19-2)6-16-12/h3,5,8,12,16H,4,6H2,1-2H3,(H,17,18). The summed E-state index contributed by atoms with van der Waals surface area (Å²) in [6.07, 6.45) is 0.480. The van der Waals surface area contributed by atoms with Gasteiger partial charge >= 0.3 is 0 Å². The quantitative estimate of drug-likeness (QED) is 0.877. The van der Waals surface area contributed by atoms with Crippen molar-refractivity contribution in [2.45, 2.75) is 25.5 Å². The van der Waals surface area contributed by atoms with Crippen LogP contribution in [-0.2, 0) is 9.53 Å². The number of rotatable bonds is 3. The molecule has 104 valence electrons. The van der Waals surface area contributed by atoms with E-state index in [-0.39, 0.29) is 23.3 Å². The van der Waals surface area contributed by atoms with Crippen molar-refractivity contribution in [2.24, 2.45) is 0 Å². The van der Waals surface area contributed by atoms with Gasteiger partial charge in [-0.15, -0.1) is 0 Å². The van der Waals surface area contributed by atoms with Gasteiger partial charge in [-0.05, 0) is 25.0 Å². The maximum Gasteiger partial charge on any atom is 0.241 e. The van der Waals surface area contributed by atoms with E-state index in [1.807, 2.05) is 0 Å². The topological polar surface area (TPSA) is 50.4 Å². The molecule has 2 N–H and O–H groups in total. The summed E-state index contributed by atoms with van der Waals surface area (Å²) in [5.74, 6) is -1.58. The van der Waals surface area contributed by atoms with E-state index in [1.54, 1.807) is 7.11 Å². The Hall–Kier alpha value is -1.53. The molecule has 2 rings (SSSR count). The lowest BCUT2D eigenvalue weighted by Crippen LogP contribution is -2.35. The maximum absolute atomic E-state index is 13.6. The number of carbonyl (C=O) groups excluding carboxylic acids is 1. The molecule has 1 aliphatic heterocycles. The SMILES string of the molecule is COC1CNC(C(=O)Nc2cc(F)c(C)cc2F)C1. The number of anilines is 1. The number of benzene rings is 1. The van der Waals surface area contributed by atoms with Crippen LogP contribution in [0.5, 0.6) is 0 Å². The fraction of sp³-hybridized carbons (Fsp3) is 0.462. The average Bonchev–Trinajstić information content (AvgIpc) is 2.84. The highest BCUT2D eigenvalue weighted by Gasteiger charge is 2.29. The van der Waals surface area contributed by atoms with Crippen molar-refractivity contribution < 1.29 is 18.3 Å². The van der Waals surface area contributed by atoms with Crippen LogP contribution in [-0.4, -0.2) is 31.7 Å². The molecule has 1 aliphatic rings. The second kappa shape index (κ2) is 5.63. The Labute approximate surface area is 110 Å². The van der Waals surface area contributed by atoms with E-state index in [1.165, 1.54) is 6.92 Å². The second-order valence-corrected chi connectivity index (χ2v) is 4.62. The number of hydrogen-bond donors (Lipinski definition) is 2. The number of halogens is 2. The number of nitrogens with one attached hydrogen (secondary N) is 2. The van der Waals surface area contributed by atoms with Crippen LogP contribution in [0.25, 0.3) is 0 Å². The summed E-state index contributed by atoms with van der Waals surface area (Å²) < 4.78 is 32.1. The molecule has 2 unspecified atom stereocenters. The van der Waals surface area contributed by atoms with Crippen LogP contribution in [0.15, 0.2) is 12.1 Å². The highest BCUT2D eigenvalue weighted by Crippen LogP contribution is 2.20. The van der Waals surface area contributed by atoms with Crippen molar-refractivity contribution in [1.82, 2.24) is 5.32 Å². The van der Waals surface area contributed by atoms with E-state index >= 15 is 0 Å². The molecule has 0 aromatic heterocycles. The molecule has 6 heteroatoms. The van der Waals surface area contributed by atoms with Crippen LogP contribution < -0.4 is 10.6 Å². The Morgan fingerprint density at radius 2 is 2.16 bits per heavy atom. The Morgan fingerprint density at radius 1 is 1.42 bits per heavy atom. The maximum atomic E-state index is 13.6. The molecule has 1 aromatic rings. The third-order valence-electron chi connectivity index (χ3n) is 3.25. The molecule has 0 saturated carbocycles. The van der Waals surface area contributed by atoms with E-state index < -0.39 is 17.7 Å². The molecular formula is C13H16F2N2O2. The van der Waals surface area contributed by atoms with Crippen LogP contribution in [0.4, 0.5) is 14.5 Å². The Morgan fingerprint density at radius 3 is 2.79 bits per heavy atom. The highest BCUT2D eigenvalue weighted by molar-refractivity contribution is 5.95. The third-order valence-corrected chi connectivity index (χ3v) is 3.25. The first kappa shape index (κ1) is 13.9. The number of ether oxygens (including phenoxy) is 1. The minimum Gasteiger partial charge on any atom is -0.380 e. The van der Waals surface area contributed by atoms with Gasteiger partial charge in [-0.3, -0.25) is 4.79 Å². The van der Waals surface area contributed by atoms with Gasteiger partial charge in [0.05, 0.1) is 17.8 Å². The van der Waals surface area contributed by atoms with Gasteiger partial charge < -0.3 is 15.4 Å². The molecule has 0 spiro atoms. The number of methoxy groups -OCH3 is 1. The van der Waals surface area contributed by atoms with Crippen LogP contribution >= 0.6 is 0 Å². The van der Waals surface area contributed by atoms with Crippen molar-refractivity contribution >= 4 is 11.6 Å². The number of aryl methyl sites for hydroxylation is 1. The van der Waals surface area contributed by atoms with Gasteiger partial charge in [0.15, 0.2) is 0 Å². The summed E-state index contributed by atoms with van der Waals surface area (Å²) >= 11 is 0. The van der Waals surface area contributed by atoms with Crippen LogP contribution in [0.3, 0.4) is 0 Å². The van der Waals surface area contributed by atoms with Crippen LogP contribution in [0, 0.1) is 18.6 Å². The van der Waals surface area contributed by atoms with Crippen molar-refractivity contribution in [2.75, 3.05) is 19.0 Å². The molecule has 0 radical (unpaired) electrons. The predicted octanol–water partition coefficient (Wildman–Crippen LogP) is 1.59. The molecule has 1 aromatic carbocycles. The van der Waals surface area contributed by atoms with Crippen LogP contribution in [0.1, 0.15) is 12.0 Å². The molecule has 4 nitrogen and oxygen atoms in total. The molecule has 2 atom stereocenters. The lowest BCUT2D eigenvalue weighted by Gasteiger charge is -2.12. The first-order valence-electron chi connectivity index (χ1n) is 6.04. The molecule has 19 heavy (non-hydrogen) atoms. The summed E-state index contributed by atoms with van der Waals surface area (Å²) in [6.45, 7) is 2.03. The number of hydrogen-bond acceptors (Lipinski definition) is 3. The first-order valence-corrected chi connectivity index (χ1v) is 6.04. The smallest absolute Gasteiger partial charge is 0.241 e. The lowest BCUT2D eigenvalue weighted by molar-refractivity contribution is -0.118. The minimum atomic E-state index is -0.645. The highest BCUT2D eigenvalue weighted by atomic mass is 19.1. The molecule has 0 bridgehead atoms. The van der Waals surface area contributed by atoms with Crippen molar-refractivity contribution in [3.05, 3.63) is 29.3 Å². The second-order valence-electron chi connectivity index (χ2n) is 4.62. The van der Waals surface area contributed by atoms with Gasteiger partial charge in [-0.25, -0.2) is 8.78 Å². The zero-order chi connectivity index (χ0) is 14.0. The van der Waals surface area contributed by atoms with Gasteiger partial charge in [0.25, 0.3) is 0 Å². The van der Waals surface area contributed by atoms with E-state index in [4.69, 9.17) is 4.74 Å². The lowest BCUT2D eigenvalue weighted by atomic mass is 10.1. The van der Waals surface area contributed by atoms with Gasteiger partial charge in [-0.1, -0.05) is 0 Å². The Kier molecular flexibility index (Phi) is 4.11. The summed E-state index contributed by atoms with van der Waals surface area (Å²) in [5, 5.41) is 5.36. The molecule has 1 fully saturated rings. The molecule has 0 aliphatic carbocycles. The summed E-state index contributed by atoms with van der Waals surface area (Å²) in [7, 11) is 1.57. The zero-order valence-corrected chi connectivity index (χ0v) is 10.8. The fourth-order valence-corrected chi connectivity index (χ4v) is 2.04. The number of carbonyl (C=O) groups is 1. The van der Waals surface area contributed by atoms with Gasteiger partial charge in [0, 0.05) is 19.7 Å². The summed E-state index contributed by atoms with van der Waals surface area (Å²) in [5.41, 5.74) is 0.0599. The molecule has 1 saturated heterocycles. The van der Waals surface area contributed by atoms with E-state index in [0.29, 0.717) is 13.0 Å². The molecular weight excluding hydrogens is 254 g/mol. The monoisotopic (exact) mass is 270 g/mol. The molecule has 1 heterocycles. The fourth-order valence-electron chi connectivity index (χ4n) is 2.04. The number of amides is 1. The summed E-state index contributed by atoms with van der Waals surface area (Å²) in [6, 6.07) is 1.60.